The van der Waals surface area contributed by atoms with Crippen LogP contribution in [-0.2, 0) is 6.61 Å². The smallest absolute Gasteiger partial charge is 0.162 e. The molecule has 4 aromatic carbocycles. The molecule has 0 saturated heterocycles. The molecule has 3 nitrogen and oxygen atoms in total. The van der Waals surface area contributed by atoms with Gasteiger partial charge in [-0.15, -0.1) is 0 Å². The van der Waals surface area contributed by atoms with Gasteiger partial charge < -0.3 is 9.47 Å². The lowest BCUT2D eigenvalue weighted by Crippen LogP contribution is -2.01. The second kappa shape index (κ2) is 9.55. The van der Waals surface area contributed by atoms with E-state index in [1.165, 1.54) is 13.2 Å². The summed E-state index contributed by atoms with van der Waals surface area (Å²) in [5.41, 5.74) is 2.40. The Hall–Kier alpha value is -3.81. The number of benzene rings is 4. The molecule has 158 valence electrons. The van der Waals surface area contributed by atoms with Crippen molar-refractivity contribution in [2.75, 3.05) is 7.11 Å². The number of halogens is 2. The van der Waals surface area contributed by atoms with Crippen LogP contribution in [-0.4, -0.2) is 7.11 Å². The zero-order valence-electron chi connectivity index (χ0n) is 17.3. The summed E-state index contributed by atoms with van der Waals surface area (Å²) in [6, 6.07) is 26.0. The average molecular weight is 444 g/mol. The number of nitrogens with zero attached hydrogens (tertiary/aromatic N) is 1. The van der Waals surface area contributed by atoms with Gasteiger partial charge in [0.05, 0.1) is 23.8 Å². The lowest BCUT2D eigenvalue weighted by Gasteiger charge is -2.13. The van der Waals surface area contributed by atoms with Gasteiger partial charge in [0, 0.05) is 11.1 Å². The molecule has 4 aromatic rings. The van der Waals surface area contributed by atoms with Crippen LogP contribution in [0.1, 0.15) is 16.7 Å². The molecule has 0 atom stereocenters. The molecular formula is C27H19ClFNO2. The van der Waals surface area contributed by atoms with E-state index in [9.17, 15) is 9.65 Å². The molecule has 32 heavy (non-hydrogen) atoms. The first kappa shape index (κ1) is 21.4. The normalized spacial score (nSPS) is 11.2. The van der Waals surface area contributed by atoms with E-state index in [4.69, 9.17) is 21.1 Å². The molecule has 0 amide bonds. The third kappa shape index (κ3) is 4.44. The van der Waals surface area contributed by atoms with Crippen molar-refractivity contribution in [3.63, 3.8) is 0 Å². The molecule has 0 bridgehead atoms. The minimum atomic E-state index is -0.435. The summed E-state index contributed by atoms with van der Waals surface area (Å²) in [4.78, 5) is 0. The maximum Gasteiger partial charge on any atom is 0.162 e. The molecule has 4 rings (SSSR count). The Morgan fingerprint density at radius 2 is 1.78 bits per heavy atom. The second-order valence-electron chi connectivity index (χ2n) is 7.10. The average Bonchev–Trinajstić information content (AvgIpc) is 2.82. The summed E-state index contributed by atoms with van der Waals surface area (Å²) < 4.78 is 25.3. The van der Waals surface area contributed by atoms with Gasteiger partial charge in [-0.05, 0) is 46.7 Å². The van der Waals surface area contributed by atoms with Gasteiger partial charge in [0.25, 0.3) is 0 Å². The van der Waals surface area contributed by atoms with E-state index in [1.54, 1.807) is 30.3 Å². The number of nitriles is 1. The highest BCUT2D eigenvalue weighted by Gasteiger charge is 2.12. The molecule has 0 radical (unpaired) electrons. The van der Waals surface area contributed by atoms with Gasteiger partial charge in [-0.3, -0.25) is 0 Å². The van der Waals surface area contributed by atoms with Crippen LogP contribution in [0, 0.1) is 17.1 Å². The number of hydrogen-bond acceptors (Lipinski definition) is 3. The molecule has 0 N–H and O–H groups in total. The van der Waals surface area contributed by atoms with Crippen molar-refractivity contribution in [1.82, 2.24) is 0 Å². The van der Waals surface area contributed by atoms with E-state index in [1.807, 2.05) is 48.5 Å². The number of fused-ring (bicyclic) bond motifs is 1. The largest absolute Gasteiger partial charge is 0.493 e. The summed E-state index contributed by atoms with van der Waals surface area (Å²) in [6.45, 7) is -0.0521. The highest BCUT2D eigenvalue weighted by molar-refractivity contribution is 6.31. The van der Waals surface area contributed by atoms with E-state index in [2.05, 4.69) is 6.07 Å². The van der Waals surface area contributed by atoms with Crippen LogP contribution >= 0.6 is 11.6 Å². The first-order valence-corrected chi connectivity index (χ1v) is 10.3. The lowest BCUT2D eigenvalue weighted by atomic mass is 9.97. The Bertz CT molecular complexity index is 1330. The van der Waals surface area contributed by atoms with Crippen LogP contribution in [0.15, 0.2) is 78.9 Å². The Kier molecular flexibility index (Phi) is 6.39. The van der Waals surface area contributed by atoms with E-state index >= 15 is 0 Å². The molecule has 0 heterocycles. The molecule has 0 saturated carbocycles. The fourth-order valence-corrected chi connectivity index (χ4v) is 3.73. The quantitative estimate of drug-likeness (QED) is 0.232. The maximum atomic E-state index is 14.1. The van der Waals surface area contributed by atoms with Gasteiger partial charge in [-0.1, -0.05) is 66.2 Å². The van der Waals surface area contributed by atoms with Crippen molar-refractivity contribution in [2.45, 2.75) is 6.61 Å². The van der Waals surface area contributed by atoms with Gasteiger partial charge in [-0.2, -0.15) is 5.26 Å². The van der Waals surface area contributed by atoms with Crippen LogP contribution in [0.4, 0.5) is 4.39 Å². The third-order valence-corrected chi connectivity index (χ3v) is 5.49. The minimum absolute atomic E-state index is 0.0521. The van der Waals surface area contributed by atoms with E-state index < -0.39 is 5.82 Å². The standard InChI is InChI=1S/C27H19ClFNO2/c1-31-26-13-12-18(15-27(26)32-17-23-24(28)10-5-11-25(23)29)14-20(16-30)22-9-4-7-19-6-2-3-8-21(19)22/h2-15H,17H2,1H3/b20-14-. The monoisotopic (exact) mass is 443 g/mol. The van der Waals surface area contributed by atoms with Crippen molar-refractivity contribution < 1.29 is 13.9 Å². The van der Waals surface area contributed by atoms with E-state index in [0.29, 0.717) is 22.1 Å². The molecule has 0 aromatic heterocycles. The fourth-order valence-electron chi connectivity index (χ4n) is 3.51. The molecule has 0 fully saturated rings. The summed E-state index contributed by atoms with van der Waals surface area (Å²) >= 11 is 6.11. The number of hydrogen-bond donors (Lipinski definition) is 0. The minimum Gasteiger partial charge on any atom is -0.493 e. The lowest BCUT2D eigenvalue weighted by molar-refractivity contribution is 0.280. The Balaban J connectivity index is 1.69. The highest BCUT2D eigenvalue weighted by Crippen LogP contribution is 2.32. The SMILES string of the molecule is COc1ccc(/C=C(/C#N)c2cccc3ccccc23)cc1OCc1c(F)cccc1Cl. The van der Waals surface area contributed by atoms with E-state index in [-0.39, 0.29) is 12.2 Å². The molecule has 0 aliphatic carbocycles. The van der Waals surface area contributed by atoms with Gasteiger partial charge in [0.1, 0.15) is 12.4 Å². The van der Waals surface area contributed by atoms with Crippen LogP contribution in [0.2, 0.25) is 5.02 Å². The highest BCUT2D eigenvalue weighted by atomic mass is 35.5. The van der Waals surface area contributed by atoms with Crippen LogP contribution in [0.5, 0.6) is 11.5 Å². The van der Waals surface area contributed by atoms with Crippen molar-refractivity contribution in [3.8, 4) is 17.6 Å². The Labute approximate surface area is 190 Å². The van der Waals surface area contributed by atoms with Crippen LogP contribution in [0.3, 0.4) is 0 Å². The summed E-state index contributed by atoms with van der Waals surface area (Å²) in [6.07, 6.45) is 1.80. The number of allylic oxidation sites excluding steroid dienone is 1. The number of ether oxygens (including phenoxy) is 2. The Morgan fingerprint density at radius 1 is 1.00 bits per heavy atom. The van der Waals surface area contributed by atoms with Crippen molar-refractivity contribution in [3.05, 3.63) is 106 Å². The zero-order valence-corrected chi connectivity index (χ0v) is 18.1. The third-order valence-electron chi connectivity index (χ3n) is 5.13. The topological polar surface area (TPSA) is 42.2 Å². The second-order valence-corrected chi connectivity index (χ2v) is 7.50. The van der Waals surface area contributed by atoms with Gasteiger partial charge >= 0.3 is 0 Å². The van der Waals surface area contributed by atoms with Crippen LogP contribution < -0.4 is 9.47 Å². The van der Waals surface area contributed by atoms with Crippen molar-refractivity contribution in [1.29, 1.82) is 5.26 Å². The Morgan fingerprint density at radius 3 is 2.56 bits per heavy atom. The zero-order chi connectivity index (χ0) is 22.5. The van der Waals surface area contributed by atoms with E-state index in [0.717, 1.165) is 21.9 Å². The van der Waals surface area contributed by atoms with Gasteiger partial charge in [0.15, 0.2) is 11.5 Å². The molecule has 0 aliphatic heterocycles. The molecule has 0 unspecified atom stereocenters. The molecule has 0 spiro atoms. The predicted molar refractivity (Wildman–Crippen MR) is 126 cm³/mol. The molecule has 0 aliphatic rings. The summed E-state index contributed by atoms with van der Waals surface area (Å²) in [5.74, 6) is 0.490. The first-order chi connectivity index (χ1) is 15.6. The van der Waals surface area contributed by atoms with Crippen molar-refractivity contribution in [2.24, 2.45) is 0 Å². The predicted octanol–water partition coefficient (Wildman–Crippen LogP) is 7.28. The fraction of sp³-hybridized carbons (Fsp3) is 0.0741. The first-order valence-electron chi connectivity index (χ1n) is 9.94. The van der Waals surface area contributed by atoms with Crippen molar-refractivity contribution >= 4 is 34.0 Å². The number of methoxy groups -OCH3 is 1. The summed E-state index contributed by atoms with van der Waals surface area (Å²) in [7, 11) is 1.53. The van der Waals surface area contributed by atoms with Crippen LogP contribution in [0.25, 0.3) is 22.4 Å². The number of rotatable bonds is 6. The van der Waals surface area contributed by atoms with Gasteiger partial charge in [0.2, 0.25) is 0 Å². The summed E-state index contributed by atoms with van der Waals surface area (Å²) in [5, 5.41) is 12.2. The van der Waals surface area contributed by atoms with Gasteiger partial charge in [-0.25, -0.2) is 4.39 Å². The molecule has 5 heteroatoms. The maximum absolute atomic E-state index is 14.1. The molecular weight excluding hydrogens is 425 g/mol.